The molecule has 2 aliphatic heterocycles. The van der Waals surface area contributed by atoms with Crippen molar-refractivity contribution >= 4 is 23.2 Å². The third-order valence-corrected chi connectivity index (χ3v) is 9.25. The van der Waals surface area contributed by atoms with Crippen molar-refractivity contribution < 1.29 is 19.1 Å². The highest BCUT2D eigenvalue weighted by Gasteiger charge is 2.25. The van der Waals surface area contributed by atoms with E-state index in [2.05, 4.69) is 58.6 Å². The molecule has 3 aromatic carbocycles. The van der Waals surface area contributed by atoms with Crippen LogP contribution in [0.1, 0.15) is 54.4 Å². The van der Waals surface area contributed by atoms with E-state index in [0.29, 0.717) is 43.1 Å². The fourth-order valence-corrected chi connectivity index (χ4v) is 6.55. The molecule has 2 heterocycles. The number of fused-ring (bicyclic) bond motifs is 1. The van der Waals surface area contributed by atoms with Crippen LogP contribution in [0.2, 0.25) is 0 Å². The van der Waals surface area contributed by atoms with E-state index < -0.39 is 0 Å². The second kappa shape index (κ2) is 14.3. The molecule has 2 fully saturated rings. The number of piperazine rings is 1. The number of carbonyl (C=O) groups is 2. The van der Waals surface area contributed by atoms with Gasteiger partial charge in [-0.05, 0) is 85.9 Å². The van der Waals surface area contributed by atoms with Gasteiger partial charge in [0.2, 0.25) is 12.7 Å². The van der Waals surface area contributed by atoms with Crippen LogP contribution in [0.15, 0.2) is 60.7 Å². The Balaban J connectivity index is 1.25. The molecule has 0 radical (unpaired) electrons. The summed E-state index contributed by atoms with van der Waals surface area (Å²) in [5, 5.41) is 3.34. The lowest BCUT2D eigenvalue weighted by Gasteiger charge is -2.35. The van der Waals surface area contributed by atoms with E-state index >= 15 is 0 Å². The molecule has 0 atom stereocenters. The Morgan fingerprint density at radius 1 is 0.911 bits per heavy atom. The summed E-state index contributed by atoms with van der Waals surface area (Å²) in [6, 6.07) is 20.1. The van der Waals surface area contributed by atoms with Gasteiger partial charge in [-0.2, -0.15) is 0 Å². The highest BCUT2D eigenvalue weighted by molar-refractivity contribution is 5.97. The molecule has 238 valence electrons. The summed E-state index contributed by atoms with van der Waals surface area (Å²) in [7, 11) is 2.15. The van der Waals surface area contributed by atoms with Gasteiger partial charge in [-0.25, -0.2) is 0 Å². The summed E-state index contributed by atoms with van der Waals surface area (Å²) in [5.74, 6) is 1.38. The van der Waals surface area contributed by atoms with E-state index in [1.54, 1.807) is 18.2 Å². The number of benzene rings is 3. The van der Waals surface area contributed by atoms with E-state index in [1.165, 1.54) is 6.42 Å². The van der Waals surface area contributed by atoms with Crippen molar-refractivity contribution in [3.05, 3.63) is 71.8 Å². The van der Waals surface area contributed by atoms with Crippen LogP contribution in [0.3, 0.4) is 0 Å². The first-order chi connectivity index (χ1) is 22.0. The normalized spacial score (nSPS) is 16.9. The molecular formula is C36H45N5O4. The van der Waals surface area contributed by atoms with Crippen LogP contribution in [0.5, 0.6) is 11.5 Å². The van der Waals surface area contributed by atoms with Crippen LogP contribution >= 0.6 is 0 Å². The van der Waals surface area contributed by atoms with Crippen LogP contribution in [0, 0.1) is 5.92 Å². The number of carbonyl (C=O) groups excluding carboxylic acids is 2. The number of anilines is 2. The van der Waals surface area contributed by atoms with Crippen LogP contribution in [-0.2, 0) is 11.3 Å². The average molecular weight is 612 g/mol. The van der Waals surface area contributed by atoms with Crippen molar-refractivity contribution in [2.45, 2.75) is 45.1 Å². The quantitative estimate of drug-likeness (QED) is 0.319. The number of nitrogens with two attached hydrogens (primary N) is 1. The largest absolute Gasteiger partial charge is 0.454 e. The number of hydrogen-bond acceptors (Lipinski definition) is 7. The predicted molar refractivity (Wildman–Crippen MR) is 178 cm³/mol. The first-order valence-corrected chi connectivity index (χ1v) is 16.4. The lowest BCUT2D eigenvalue weighted by molar-refractivity contribution is -0.120. The first-order valence-electron chi connectivity index (χ1n) is 16.4. The summed E-state index contributed by atoms with van der Waals surface area (Å²) >= 11 is 0. The van der Waals surface area contributed by atoms with Crippen molar-refractivity contribution in [3.63, 3.8) is 0 Å². The molecule has 1 aliphatic carbocycles. The number of likely N-dealkylation sites (N-methyl/N-ethyl adjacent to an activating group) is 1. The zero-order valence-electron chi connectivity index (χ0n) is 26.3. The third-order valence-electron chi connectivity index (χ3n) is 9.25. The smallest absolute Gasteiger partial charge is 0.254 e. The average Bonchev–Trinajstić information content (AvgIpc) is 3.55. The van der Waals surface area contributed by atoms with Gasteiger partial charge >= 0.3 is 0 Å². The fraction of sp³-hybridized carbons (Fsp3) is 0.444. The van der Waals surface area contributed by atoms with Crippen LogP contribution in [-0.4, -0.2) is 74.7 Å². The molecule has 6 rings (SSSR count). The Kier molecular flexibility index (Phi) is 9.86. The summed E-state index contributed by atoms with van der Waals surface area (Å²) in [4.78, 5) is 33.6. The molecule has 0 aromatic heterocycles. The lowest BCUT2D eigenvalue weighted by atomic mass is 9.88. The zero-order chi connectivity index (χ0) is 31.2. The number of ether oxygens (including phenoxy) is 2. The summed E-state index contributed by atoms with van der Waals surface area (Å²) in [6.07, 6.45) is 6.08. The van der Waals surface area contributed by atoms with Gasteiger partial charge in [0.15, 0.2) is 11.5 Å². The fourth-order valence-electron chi connectivity index (χ4n) is 6.55. The molecule has 1 saturated carbocycles. The minimum Gasteiger partial charge on any atom is -0.454 e. The van der Waals surface area contributed by atoms with Crippen LogP contribution < -0.4 is 25.4 Å². The van der Waals surface area contributed by atoms with Crippen molar-refractivity contribution in [2.75, 3.05) is 63.3 Å². The van der Waals surface area contributed by atoms with Gasteiger partial charge in [-0.15, -0.1) is 0 Å². The number of rotatable bonds is 10. The minimum atomic E-state index is -0.0728. The Labute approximate surface area is 266 Å². The highest BCUT2D eigenvalue weighted by Crippen LogP contribution is 2.35. The van der Waals surface area contributed by atoms with E-state index in [-0.39, 0.29) is 24.5 Å². The van der Waals surface area contributed by atoms with Gasteiger partial charge in [-0.3, -0.25) is 9.59 Å². The molecule has 3 aliphatic rings. The summed E-state index contributed by atoms with van der Waals surface area (Å²) in [5.41, 5.74) is 11.5. The number of amides is 2. The van der Waals surface area contributed by atoms with Gasteiger partial charge in [0.05, 0.1) is 11.4 Å². The molecule has 3 N–H and O–H groups in total. The van der Waals surface area contributed by atoms with Gasteiger partial charge in [0.25, 0.3) is 5.91 Å². The molecule has 9 nitrogen and oxygen atoms in total. The second-order valence-corrected chi connectivity index (χ2v) is 12.5. The Morgan fingerprint density at radius 2 is 1.69 bits per heavy atom. The van der Waals surface area contributed by atoms with E-state index in [0.717, 1.165) is 79.9 Å². The van der Waals surface area contributed by atoms with E-state index in [1.807, 2.05) is 11.0 Å². The summed E-state index contributed by atoms with van der Waals surface area (Å²) < 4.78 is 10.9. The molecule has 45 heavy (non-hydrogen) atoms. The van der Waals surface area contributed by atoms with Gasteiger partial charge in [0, 0.05) is 50.7 Å². The molecule has 9 heteroatoms. The van der Waals surface area contributed by atoms with Crippen molar-refractivity contribution in [2.24, 2.45) is 11.7 Å². The number of nitrogens with one attached hydrogen (secondary N) is 1. The Bertz CT molecular complexity index is 1500. The maximum atomic E-state index is 13.6. The maximum Gasteiger partial charge on any atom is 0.254 e. The third kappa shape index (κ3) is 7.43. The van der Waals surface area contributed by atoms with Crippen molar-refractivity contribution in [1.29, 1.82) is 0 Å². The van der Waals surface area contributed by atoms with Gasteiger partial charge in [-0.1, -0.05) is 43.5 Å². The first kappa shape index (κ1) is 30.9. The van der Waals surface area contributed by atoms with Crippen molar-refractivity contribution in [1.82, 2.24) is 9.80 Å². The Hall–Kier alpha value is -4.08. The molecule has 2 amide bonds. The molecular weight excluding hydrogens is 566 g/mol. The molecule has 0 spiro atoms. The number of hydrogen-bond donors (Lipinski definition) is 2. The SMILES string of the molecule is CN1CCN(c2ccc(-c3cccc(CN(CCCN)C(=O)c4ccc5c(c4)OCO5)c3)cc2NC(=O)C2CCCCC2)CC1. The van der Waals surface area contributed by atoms with Gasteiger partial charge in [0.1, 0.15) is 0 Å². The molecule has 1 saturated heterocycles. The molecule has 3 aromatic rings. The van der Waals surface area contributed by atoms with Crippen LogP contribution in [0.25, 0.3) is 11.1 Å². The molecule has 0 unspecified atom stereocenters. The van der Waals surface area contributed by atoms with Gasteiger partial charge < -0.3 is 35.2 Å². The van der Waals surface area contributed by atoms with Crippen LogP contribution in [0.4, 0.5) is 11.4 Å². The monoisotopic (exact) mass is 611 g/mol. The minimum absolute atomic E-state index is 0.0728. The molecule has 0 bridgehead atoms. The standard InChI is InChI=1S/C36H45N5O4/c1-39-17-19-40(20-18-39)32-13-11-29(22-31(32)38-35(42)27-8-3-2-4-9-27)28-10-5-7-26(21-28)24-41(16-6-15-37)36(43)30-12-14-33-34(23-30)45-25-44-33/h5,7,10-14,21-23,27H,2-4,6,8-9,15-20,24-25,37H2,1H3,(H,38,42). The Morgan fingerprint density at radius 3 is 2.49 bits per heavy atom. The van der Waals surface area contributed by atoms with Crippen molar-refractivity contribution in [3.8, 4) is 22.6 Å². The van der Waals surface area contributed by atoms with E-state index in [9.17, 15) is 9.59 Å². The van der Waals surface area contributed by atoms with E-state index in [4.69, 9.17) is 15.2 Å². The predicted octanol–water partition coefficient (Wildman–Crippen LogP) is 5.34. The summed E-state index contributed by atoms with van der Waals surface area (Å²) in [6.45, 7) is 5.49. The zero-order valence-corrected chi connectivity index (χ0v) is 26.3. The number of nitrogens with zero attached hydrogens (tertiary/aromatic N) is 3. The maximum absolute atomic E-state index is 13.6. The lowest BCUT2D eigenvalue weighted by Crippen LogP contribution is -2.44. The second-order valence-electron chi connectivity index (χ2n) is 12.5. The topological polar surface area (TPSA) is 100 Å². The highest BCUT2D eigenvalue weighted by atomic mass is 16.7.